The number of ketones is 1. The van der Waals surface area contributed by atoms with E-state index in [1.165, 1.54) is 31.7 Å². The molecular weight excluding hydrogens is 402 g/mol. The fraction of sp³-hybridized carbons (Fsp3) is 0.375. The molecule has 1 aliphatic heterocycles. The molecule has 2 aromatic rings. The van der Waals surface area contributed by atoms with Crippen molar-refractivity contribution in [1.29, 1.82) is 0 Å². The quantitative estimate of drug-likeness (QED) is 0.559. The number of urea groups is 1. The van der Waals surface area contributed by atoms with E-state index in [-0.39, 0.29) is 5.56 Å². The highest BCUT2D eigenvalue weighted by Gasteiger charge is 2.50. The van der Waals surface area contributed by atoms with E-state index >= 15 is 0 Å². The lowest BCUT2D eigenvalue weighted by Gasteiger charge is -2.23. The van der Waals surface area contributed by atoms with Crippen molar-refractivity contribution >= 4 is 17.7 Å². The summed E-state index contributed by atoms with van der Waals surface area (Å²) in [6.07, 6.45) is 5.97. The molecule has 0 bridgehead atoms. The smallest absolute Gasteiger partial charge is 0.319 e. The van der Waals surface area contributed by atoms with Crippen molar-refractivity contribution in [2.24, 2.45) is 0 Å². The lowest BCUT2D eigenvalue weighted by molar-refractivity contribution is -0.130. The third kappa shape index (κ3) is 3.96. The third-order valence-electron chi connectivity index (χ3n) is 6.35. The maximum Gasteiger partial charge on any atom is 0.325 e. The van der Waals surface area contributed by atoms with Gasteiger partial charge in [-0.2, -0.15) is 0 Å². The summed E-state index contributed by atoms with van der Waals surface area (Å²) in [5.74, 6) is -2.24. The first-order chi connectivity index (χ1) is 14.8. The average Bonchev–Trinajstić information content (AvgIpc) is 2.99. The first-order valence-electron chi connectivity index (χ1n) is 10.5. The van der Waals surface area contributed by atoms with Gasteiger partial charge in [-0.25, -0.2) is 13.6 Å². The van der Waals surface area contributed by atoms with Crippen LogP contribution in [0.1, 0.15) is 66.4 Å². The molecule has 1 atom stereocenters. The van der Waals surface area contributed by atoms with E-state index in [2.05, 4.69) is 5.32 Å². The molecule has 31 heavy (non-hydrogen) atoms. The zero-order valence-electron chi connectivity index (χ0n) is 17.3. The van der Waals surface area contributed by atoms with E-state index in [9.17, 15) is 23.2 Å². The van der Waals surface area contributed by atoms with Crippen molar-refractivity contribution in [3.05, 3.63) is 70.8 Å². The largest absolute Gasteiger partial charge is 0.325 e. The fourth-order valence-corrected chi connectivity index (χ4v) is 4.52. The van der Waals surface area contributed by atoms with Crippen LogP contribution in [-0.4, -0.2) is 29.2 Å². The van der Waals surface area contributed by atoms with Gasteiger partial charge < -0.3 is 5.32 Å². The number of benzene rings is 2. The predicted molar refractivity (Wildman–Crippen MR) is 111 cm³/mol. The van der Waals surface area contributed by atoms with Gasteiger partial charge in [0.1, 0.15) is 17.2 Å². The molecule has 0 radical (unpaired) electrons. The molecule has 7 heteroatoms. The normalized spacial score (nSPS) is 22.0. The SMILES string of the molecule is C[C@@]1(c2cc(F)ccc2F)NC(=O)N(CC(=O)c2ccc(C3CCCCC3)cc2)C1=O. The van der Waals surface area contributed by atoms with Crippen LogP contribution < -0.4 is 5.32 Å². The van der Waals surface area contributed by atoms with Crippen LogP contribution in [0.15, 0.2) is 42.5 Å². The maximum atomic E-state index is 14.3. The molecule has 0 aromatic heterocycles. The molecule has 2 aliphatic rings. The van der Waals surface area contributed by atoms with Crippen molar-refractivity contribution < 1.29 is 23.2 Å². The standard InChI is InChI=1S/C24H24F2N2O3/c1-24(19-13-18(25)11-12-20(19)26)22(30)28(23(31)27-24)14-21(29)17-9-7-16(8-10-17)15-5-3-2-4-6-15/h7-13,15H,2-6,14H2,1H3,(H,27,31)/t24-/m0/s1. The van der Waals surface area contributed by atoms with Crippen molar-refractivity contribution in [3.63, 3.8) is 0 Å². The minimum atomic E-state index is -1.78. The molecule has 2 fully saturated rings. The van der Waals surface area contributed by atoms with E-state index < -0.39 is 41.4 Å². The molecule has 1 heterocycles. The Balaban J connectivity index is 1.50. The summed E-state index contributed by atoms with van der Waals surface area (Å²) in [5.41, 5.74) is -0.474. The van der Waals surface area contributed by atoms with Crippen LogP contribution in [-0.2, 0) is 10.3 Å². The van der Waals surface area contributed by atoms with Crippen LogP contribution >= 0.6 is 0 Å². The number of carbonyl (C=O) groups excluding carboxylic acids is 3. The van der Waals surface area contributed by atoms with Crippen LogP contribution in [0.4, 0.5) is 13.6 Å². The molecule has 1 N–H and O–H groups in total. The summed E-state index contributed by atoms with van der Waals surface area (Å²) in [4.78, 5) is 38.8. The number of nitrogens with one attached hydrogen (secondary N) is 1. The first-order valence-corrected chi connectivity index (χ1v) is 10.5. The Hall–Kier alpha value is -3.09. The van der Waals surface area contributed by atoms with Crippen LogP contribution in [0.5, 0.6) is 0 Å². The number of halogens is 2. The zero-order chi connectivity index (χ0) is 22.2. The Morgan fingerprint density at radius 1 is 1.06 bits per heavy atom. The summed E-state index contributed by atoms with van der Waals surface area (Å²) >= 11 is 0. The van der Waals surface area contributed by atoms with Crippen molar-refractivity contribution in [1.82, 2.24) is 10.2 Å². The number of Topliss-reactive ketones (excluding diaryl/α,β-unsaturated/α-hetero) is 1. The minimum Gasteiger partial charge on any atom is -0.319 e. The van der Waals surface area contributed by atoms with Crippen LogP contribution in [0, 0.1) is 11.6 Å². The van der Waals surface area contributed by atoms with E-state index in [0.29, 0.717) is 11.5 Å². The van der Waals surface area contributed by atoms with Crippen LogP contribution in [0.2, 0.25) is 0 Å². The van der Waals surface area contributed by atoms with Gasteiger partial charge >= 0.3 is 6.03 Å². The number of amides is 3. The summed E-state index contributed by atoms with van der Waals surface area (Å²) in [6.45, 7) is 0.828. The average molecular weight is 426 g/mol. The number of nitrogens with zero attached hydrogens (tertiary/aromatic N) is 1. The summed E-state index contributed by atoms with van der Waals surface area (Å²) in [6, 6.07) is 9.19. The van der Waals surface area contributed by atoms with Gasteiger partial charge in [-0.05, 0) is 49.4 Å². The molecular formula is C24H24F2N2O3. The first kappa shape index (κ1) is 21.2. The van der Waals surface area contributed by atoms with E-state index in [1.54, 1.807) is 12.1 Å². The molecule has 0 unspecified atom stereocenters. The Morgan fingerprint density at radius 2 is 1.74 bits per heavy atom. The molecule has 2 aromatic carbocycles. The Labute approximate surface area is 179 Å². The van der Waals surface area contributed by atoms with Crippen LogP contribution in [0.3, 0.4) is 0 Å². The summed E-state index contributed by atoms with van der Waals surface area (Å²) < 4.78 is 27.9. The number of hydrogen-bond donors (Lipinski definition) is 1. The molecule has 1 saturated carbocycles. The zero-order valence-corrected chi connectivity index (χ0v) is 17.3. The highest BCUT2D eigenvalue weighted by atomic mass is 19.1. The number of rotatable bonds is 5. The molecule has 4 rings (SSSR count). The maximum absolute atomic E-state index is 14.3. The lowest BCUT2D eigenvalue weighted by atomic mass is 9.84. The Kier molecular flexibility index (Phi) is 5.60. The lowest BCUT2D eigenvalue weighted by Crippen LogP contribution is -2.42. The molecule has 1 saturated heterocycles. The second-order valence-electron chi connectivity index (χ2n) is 8.45. The van der Waals surface area contributed by atoms with Crippen molar-refractivity contribution in [2.45, 2.75) is 50.5 Å². The number of carbonyl (C=O) groups is 3. The van der Waals surface area contributed by atoms with Gasteiger partial charge in [-0.15, -0.1) is 0 Å². The Morgan fingerprint density at radius 3 is 2.42 bits per heavy atom. The second-order valence-corrected chi connectivity index (χ2v) is 8.45. The highest BCUT2D eigenvalue weighted by Crippen LogP contribution is 2.33. The topological polar surface area (TPSA) is 66.5 Å². The molecule has 5 nitrogen and oxygen atoms in total. The van der Waals surface area contributed by atoms with Gasteiger partial charge in [0.15, 0.2) is 5.78 Å². The van der Waals surface area contributed by atoms with Gasteiger partial charge in [0, 0.05) is 11.1 Å². The summed E-state index contributed by atoms with van der Waals surface area (Å²) in [5, 5.41) is 2.40. The van der Waals surface area contributed by atoms with Crippen LogP contribution in [0.25, 0.3) is 0 Å². The van der Waals surface area contributed by atoms with Crippen molar-refractivity contribution in [3.8, 4) is 0 Å². The van der Waals surface area contributed by atoms with Gasteiger partial charge in [0.05, 0.1) is 6.54 Å². The minimum absolute atomic E-state index is 0.280. The molecule has 162 valence electrons. The number of hydrogen-bond acceptors (Lipinski definition) is 3. The van der Waals surface area contributed by atoms with Gasteiger partial charge in [-0.3, -0.25) is 14.5 Å². The van der Waals surface area contributed by atoms with Gasteiger partial charge in [0.2, 0.25) is 0 Å². The number of imide groups is 1. The molecule has 1 aliphatic carbocycles. The monoisotopic (exact) mass is 426 g/mol. The second kappa shape index (κ2) is 8.21. The van der Waals surface area contributed by atoms with Gasteiger partial charge in [0.25, 0.3) is 5.91 Å². The third-order valence-corrected chi connectivity index (χ3v) is 6.35. The predicted octanol–water partition coefficient (Wildman–Crippen LogP) is 4.66. The summed E-state index contributed by atoms with van der Waals surface area (Å²) in [7, 11) is 0. The van der Waals surface area contributed by atoms with Crippen molar-refractivity contribution in [2.75, 3.05) is 6.54 Å². The highest BCUT2D eigenvalue weighted by molar-refractivity contribution is 6.11. The molecule has 0 spiro atoms. The van der Waals surface area contributed by atoms with E-state index in [0.717, 1.165) is 35.9 Å². The van der Waals surface area contributed by atoms with E-state index in [1.807, 2.05) is 12.1 Å². The molecule has 3 amide bonds. The van der Waals surface area contributed by atoms with Gasteiger partial charge in [-0.1, -0.05) is 43.5 Å². The van der Waals surface area contributed by atoms with E-state index in [4.69, 9.17) is 0 Å². The fourth-order valence-electron chi connectivity index (χ4n) is 4.52. The Bertz CT molecular complexity index is 1030.